The number of hydrogen-bond donors (Lipinski definition) is 0. The summed E-state index contributed by atoms with van der Waals surface area (Å²) in [6.45, 7) is 7.14. The van der Waals surface area contributed by atoms with E-state index in [1.54, 1.807) is 37.5 Å². The first-order valence-electron chi connectivity index (χ1n) is 9.64. The van der Waals surface area contributed by atoms with Gasteiger partial charge in [-0.15, -0.1) is 0 Å². The number of nitriles is 1. The standard InChI is InChI=1S/C22H22N6O2/c1-22(2,3)13-27-15(9-14-11-24-18(10-23)25-19(14)27)12-28-21(30)17-8-6-5-7-16(17)20(29)26(28)4/h5-9,11H,12-13H2,1-4H3. The molecule has 4 rings (SSSR count). The Balaban J connectivity index is 1.95. The normalized spacial score (nSPS) is 11.8. The van der Waals surface area contributed by atoms with E-state index in [-0.39, 0.29) is 28.9 Å². The van der Waals surface area contributed by atoms with Crippen LogP contribution in [0.2, 0.25) is 0 Å². The number of aromatic nitrogens is 5. The fraction of sp³-hybridized carbons (Fsp3) is 0.318. The molecule has 0 atom stereocenters. The first-order valence-corrected chi connectivity index (χ1v) is 9.64. The monoisotopic (exact) mass is 402 g/mol. The average Bonchev–Trinajstić information content (AvgIpc) is 3.04. The van der Waals surface area contributed by atoms with E-state index >= 15 is 0 Å². The fourth-order valence-electron chi connectivity index (χ4n) is 3.68. The summed E-state index contributed by atoms with van der Waals surface area (Å²) in [5.74, 6) is 0.0950. The highest BCUT2D eigenvalue weighted by molar-refractivity contribution is 5.80. The number of nitrogens with zero attached hydrogens (tertiary/aromatic N) is 6. The number of hydrogen-bond acceptors (Lipinski definition) is 5. The highest BCUT2D eigenvalue weighted by atomic mass is 16.2. The van der Waals surface area contributed by atoms with Gasteiger partial charge in [0, 0.05) is 30.9 Å². The number of rotatable bonds is 3. The van der Waals surface area contributed by atoms with E-state index in [1.165, 1.54) is 9.36 Å². The molecule has 1 aromatic carbocycles. The Hall–Kier alpha value is -3.73. The predicted octanol–water partition coefficient (Wildman–Crippen LogP) is 2.41. The molecule has 0 aliphatic rings. The molecule has 0 aliphatic heterocycles. The zero-order valence-electron chi connectivity index (χ0n) is 17.4. The van der Waals surface area contributed by atoms with Crippen molar-refractivity contribution in [2.45, 2.75) is 33.9 Å². The van der Waals surface area contributed by atoms with Crippen LogP contribution < -0.4 is 11.1 Å². The Bertz CT molecular complexity index is 1440. The van der Waals surface area contributed by atoms with Crippen LogP contribution >= 0.6 is 0 Å². The van der Waals surface area contributed by atoms with Crippen LogP contribution in [0.5, 0.6) is 0 Å². The SMILES string of the molecule is Cn1c(=O)c2ccccc2c(=O)n1Cc1cc2cnc(C#N)nc2n1CC(C)(C)C. The van der Waals surface area contributed by atoms with E-state index in [0.717, 1.165) is 11.1 Å². The Morgan fingerprint density at radius 2 is 1.77 bits per heavy atom. The van der Waals surface area contributed by atoms with Crippen molar-refractivity contribution in [2.24, 2.45) is 12.5 Å². The molecule has 0 saturated carbocycles. The lowest BCUT2D eigenvalue weighted by molar-refractivity contribution is 0.339. The zero-order chi connectivity index (χ0) is 21.6. The van der Waals surface area contributed by atoms with E-state index in [4.69, 9.17) is 0 Å². The van der Waals surface area contributed by atoms with Crippen LogP contribution in [0.1, 0.15) is 32.3 Å². The van der Waals surface area contributed by atoms with Crippen molar-refractivity contribution < 1.29 is 0 Å². The Kier molecular flexibility index (Phi) is 4.54. The maximum atomic E-state index is 13.1. The zero-order valence-corrected chi connectivity index (χ0v) is 17.4. The first-order chi connectivity index (χ1) is 14.2. The minimum Gasteiger partial charge on any atom is -0.327 e. The molecule has 152 valence electrons. The molecular weight excluding hydrogens is 380 g/mol. The minimum absolute atomic E-state index is 0.0707. The molecule has 0 amide bonds. The summed E-state index contributed by atoms with van der Waals surface area (Å²) in [4.78, 5) is 34.4. The third-order valence-corrected chi connectivity index (χ3v) is 5.04. The van der Waals surface area contributed by atoms with Gasteiger partial charge in [0.2, 0.25) is 5.82 Å². The molecule has 0 bridgehead atoms. The molecule has 0 aliphatic carbocycles. The Labute approximate surface area is 172 Å². The number of fused-ring (bicyclic) bond motifs is 2. The molecule has 0 saturated heterocycles. The van der Waals surface area contributed by atoms with Crippen LogP contribution in [-0.2, 0) is 20.1 Å². The van der Waals surface area contributed by atoms with Crippen molar-refractivity contribution in [1.29, 1.82) is 5.26 Å². The van der Waals surface area contributed by atoms with Gasteiger partial charge in [-0.05, 0) is 23.6 Å². The van der Waals surface area contributed by atoms with E-state index < -0.39 is 0 Å². The van der Waals surface area contributed by atoms with Crippen molar-refractivity contribution in [3.05, 3.63) is 68.8 Å². The second-order valence-electron chi connectivity index (χ2n) is 8.60. The van der Waals surface area contributed by atoms with E-state index in [0.29, 0.717) is 23.0 Å². The maximum Gasteiger partial charge on any atom is 0.273 e. The lowest BCUT2D eigenvalue weighted by Crippen LogP contribution is -2.37. The van der Waals surface area contributed by atoms with Gasteiger partial charge in [0.1, 0.15) is 11.7 Å². The first kappa shape index (κ1) is 19.6. The van der Waals surface area contributed by atoms with Crippen molar-refractivity contribution in [3.8, 4) is 6.07 Å². The van der Waals surface area contributed by atoms with Gasteiger partial charge in [-0.2, -0.15) is 5.26 Å². The molecule has 4 aromatic rings. The molecule has 3 heterocycles. The average molecular weight is 402 g/mol. The Morgan fingerprint density at radius 1 is 1.10 bits per heavy atom. The summed E-state index contributed by atoms with van der Waals surface area (Å²) in [6, 6.07) is 10.7. The van der Waals surface area contributed by atoms with Gasteiger partial charge in [-0.1, -0.05) is 32.9 Å². The minimum atomic E-state index is -0.232. The number of benzene rings is 1. The Morgan fingerprint density at radius 3 is 2.40 bits per heavy atom. The van der Waals surface area contributed by atoms with E-state index in [2.05, 4.69) is 30.7 Å². The summed E-state index contributed by atoms with van der Waals surface area (Å²) in [5.41, 5.74) is 0.930. The van der Waals surface area contributed by atoms with Gasteiger partial charge < -0.3 is 4.57 Å². The van der Waals surface area contributed by atoms with Gasteiger partial charge in [0.15, 0.2) is 0 Å². The summed E-state index contributed by atoms with van der Waals surface area (Å²) in [7, 11) is 1.60. The smallest absolute Gasteiger partial charge is 0.273 e. The van der Waals surface area contributed by atoms with Crippen LogP contribution in [0.25, 0.3) is 21.8 Å². The van der Waals surface area contributed by atoms with Crippen LogP contribution in [0, 0.1) is 16.7 Å². The van der Waals surface area contributed by atoms with Crippen LogP contribution in [0.3, 0.4) is 0 Å². The molecule has 30 heavy (non-hydrogen) atoms. The van der Waals surface area contributed by atoms with Gasteiger partial charge in [0.25, 0.3) is 11.1 Å². The van der Waals surface area contributed by atoms with Crippen LogP contribution in [-0.4, -0.2) is 23.9 Å². The summed E-state index contributed by atoms with van der Waals surface area (Å²) in [5, 5.41) is 10.8. The second kappa shape index (κ2) is 6.95. The quantitative estimate of drug-likeness (QED) is 0.524. The third kappa shape index (κ3) is 3.28. The predicted molar refractivity (Wildman–Crippen MR) is 114 cm³/mol. The topological polar surface area (TPSA) is 98.5 Å². The van der Waals surface area contributed by atoms with Gasteiger partial charge >= 0.3 is 0 Å². The van der Waals surface area contributed by atoms with Gasteiger partial charge in [0.05, 0.1) is 17.3 Å². The van der Waals surface area contributed by atoms with Crippen LogP contribution in [0.4, 0.5) is 0 Å². The van der Waals surface area contributed by atoms with Gasteiger partial charge in [-0.3, -0.25) is 9.59 Å². The fourth-order valence-corrected chi connectivity index (χ4v) is 3.68. The lowest BCUT2D eigenvalue weighted by Gasteiger charge is -2.22. The molecule has 0 unspecified atom stereocenters. The molecule has 0 fully saturated rings. The summed E-state index contributed by atoms with van der Waals surface area (Å²) in [6.07, 6.45) is 1.62. The molecule has 8 nitrogen and oxygen atoms in total. The van der Waals surface area contributed by atoms with Crippen molar-refractivity contribution >= 4 is 21.8 Å². The van der Waals surface area contributed by atoms with Crippen molar-refractivity contribution in [1.82, 2.24) is 23.9 Å². The largest absolute Gasteiger partial charge is 0.327 e. The highest BCUT2D eigenvalue weighted by Crippen LogP contribution is 2.24. The molecule has 0 radical (unpaired) electrons. The van der Waals surface area contributed by atoms with Crippen molar-refractivity contribution in [2.75, 3.05) is 0 Å². The molecule has 3 aromatic heterocycles. The van der Waals surface area contributed by atoms with Crippen molar-refractivity contribution in [3.63, 3.8) is 0 Å². The highest BCUT2D eigenvalue weighted by Gasteiger charge is 2.20. The molecular formula is C22H22N6O2. The molecule has 0 N–H and O–H groups in total. The second-order valence-corrected chi connectivity index (χ2v) is 8.60. The molecule has 0 spiro atoms. The maximum absolute atomic E-state index is 13.1. The summed E-state index contributed by atoms with van der Waals surface area (Å²) < 4.78 is 4.80. The van der Waals surface area contributed by atoms with Crippen LogP contribution in [0.15, 0.2) is 46.1 Å². The third-order valence-electron chi connectivity index (χ3n) is 5.04. The molecule has 8 heteroatoms. The van der Waals surface area contributed by atoms with E-state index in [9.17, 15) is 14.9 Å². The van der Waals surface area contributed by atoms with Gasteiger partial charge in [-0.25, -0.2) is 19.3 Å². The summed E-state index contributed by atoms with van der Waals surface area (Å²) >= 11 is 0. The lowest BCUT2D eigenvalue weighted by atomic mass is 9.97. The van der Waals surface area contributed by atoms with E-state index in [1.807, 2.05) is 16.7 Å².